The van der Waals surface area contributed by atoms with E-state index in [1.54, 1.807) is 0 Å². The van der Waals surface area contributed by atoms with Gasteiger partial charge in [0.1, 0.15) is 5.75 Å². The predicted molar refractivity (Wildman–Crippen MR) is 137 cm³/mol. The lowest BCUT2D eigenvalue weighted by atomic mass is 9.86. The minimum atomic E-state index is -0.510. The third kappa shape index (κ3) is 5.39. The van der Waals surface area contributed by atoms with E-state index in [4.69, 9.17) is 4.74 Å². The first kappa shape index (κ1) is 23.9. The van der Waals surface area contributed by atoms with E-state index in [1.807, 2.05) is 13.0 Å². The van der Waals surface area contributed by atoms with Gasteiger partial charge in [-0.1, -0.05) is 55.7 Å². The number of hydrogen-bond acceptors (Lipinski definition) is 3. The Morgan fingerprint density at radius 1 is 1.06 bits per heavy atom. The summed E-state index contributed by atoms with van der Waals surface area (Å²) in [7, 11) is 0. The maximum absolute atomic E-state index is 13.6. The quantitative estimate of drug-likeness (QED) is 0.562. The molecule has 1 N–H and O–H groups in total. The van der Waals surface area contributed by atoms with Gasteiger partial charge in [-0.3, -0.25) is 9.59 Å². The zero-order valence-electron chi connectivity index (χ0n) is 21.1. The largest absolute Gasteiger partial charge is 0.481 e. The fourth-order valence-corrected chi connectivity index (χ4v) is 5.59. The van der Waals surface area contributed by atoms with Crippen LogP contribution in [0.3, 0.4) is 0 Å². The van der Waals surface area contributed by atoms with Crippen molar-refractivity contribution >= 4 is 11.8 Å². The highest BCUT2D eigenvalue weighted by Crippen LogP contribution is 2.40. The molecule has 0 radical (unpaired) electrons. The molecule has 186 valence electrons. The summed E-state index contributed by atoms with van der Waals surface area (Å²) < 4.78 is 6.23. The molecule has 2 atom stereocenters. The van der Waals surface area contributed by atoms with Crippen LogP contribution in [-0.2, 0) is 16.0 Å². The normalized spacial score (nSPS) is 20.9. The van der Waals surface area contributed by atoms with Crippen molar-refractivity contribution in [3.05, 3.63) is 64.7 Å². The van der Waals surface area contributed by atoms with Crippen molar-refractivity contribution in [3.63, 3.8) is 0 Å². The van der Waals surface area contributed by atoms with Crippen molar-refractivity contribution in [1.82, 2.24) is 10.2 Å². The minimum absolute atomic E-state index is 0.0368. The lowest BCUT2D eigenvalue weighted by molar-refractivity contribution is -0.137. The molecule has 2 fully saturated rings. The second kappa shape index (κ2) is 10.4. The summed E-state index contributed by atoms with van der Waals surface area (Å²) in [6.07, 6.45) is 7.66. The van der Waals surface area contributed by atoms with Crippen LogP contribution in [0.25, 0.3) is 0 Å². The molecule has 2 amide bonds. The highest BCUT2D eigenvalue weighted by Gasteiger charge is 2.36. The minimum Gasteiger partial charge on any atom is -0.481 e. The molecule has 3 aliphatic rings. The van der Waals surface area contributed by atoms with E-state index in [0.717, 1.165) is 56.3 Å². The van der Waals surface area contributed by atoms with Crippen LogP contribution < -0.4 is 10.1 Å². The van der Waals surface area contributed by atoms with Gasteiger partial charge in [-0.2, -0.15) is 0 Å². The van der Waals surface area contributed by atoms with Gasteiger partial charge < -0.3 is 15.0 Å². The fraction of sp³-hybridized carbons (Fsp3) is 0.533. The Balaban J connectivity index is 1.43. The molecule has 5 rings (SSSR count). The van der Waals surface area contributed by atoms with Crippen LogP contribution in [0.5, 0.6) is 5.75 Å². The molecule has 0 aromatic heterocycles. The van der Waals surface area contributed by atoms with Crippen LogP contribution in [-0.4, -0.2) is 35.9 Å². The topological polar surface area (TPSA) is 58.6 Å². The fourth-order valence-electron chi connectivity index (χ4n) is 5.59. The molecule has 1 aliphatic heterocycles. The molecule has 2 saturated carbocycles. The number of nitrogens with one attached hydrogen (secondary N) is 1. The molecule has 2 aliphatic carbocycles. The van der Waals surface area contributed by atoms with Crippen molar-refractivity contribution in [3.8, 4) is 5.75 Å². The van der Waals surface area contributed by atoms with Gasteiger partial charge in [0.15, 0.2) is 6.10 Å². The molecular weight excluding hydrogens is 436 g/mol. The first-order chi connectivity index (χ1) is 17.0. The Hall–Kier alpha value is -2.82. The van der Waals surface area contributed by atoms with Gasteiger partial charge in [-0.25, -0.2) is 0 Å². The number of benzene rings is 2. The lowest BCUT2D eigenvalue weighted by Gasteiger charge is -2.39. The number of fused-ring (bicyclic) bond motifs is 1. The monoisotopic (exact) mass is 474 g/mol. The number of aryl methyl sites for hydroxylation is 1. The number of hydrogen-bond donors (Lipinski definition) is 1. The smallest absolute Gasteiger partial charge is 0.261 e. The number of ether oxygens (including phenoxy) is 1. The first-order valence-corrected chi connectivity index (χ1v) is 13.5. The van der Waals surface area contributed by atoms with Crippen molar-refractivity contribution in [1.29, 1.82) is 0 Å². The lowest BCUT2D eigenvalue weighted by Crippen LogP contribution is -2.43. The van der Waals surface area contributed by atoms with E-state index in [-0.39, 0.29) is 23.8 Å². The third-order valence-corrected chi connectivity index (χ3v) is 7.93. The average Bonchev–Trinajstić information content (AvgIpc) is 3.55. The molecule has 0 bridgehead atoms. The van der Waals surface area contributed by atoms with Gasteiger partial charge >= 0.3 is 0 Å². The molecule has 1 heterocycles. The number of amides is 2. The summed E-state index contributed by atoms with van der Waals surface area (Å²) in [4.78, 5) is 28.5. The number of carbonyl (C=O) groups is 2. The maximum atomic E-state index is 13.6. The second-order valence-corrected chi connectivity index (χ2v) is 10.6. The van der Waals surface area contributed by atoms with Crippen molar-refractivity contribution in [2.75, 3.05) is 13.1 Å². The Labute approximate surface area is 209 Å². The van der Waals surface area contributed by atoms with Gasteiger partial charge in [0.05, 0.1) is 6.04 Å². The maximum Gasteiger partial charge on any atom is 0.261 e. The Morgan fingerprint density at radius 3 is 2.49 bits per heavy atom. The molecule has 5 nitrogen and oxygen atoms in total. The van der Waals surface area contributed by atoms with Gasteiger partial charge in [0, 0.05) is 19.0 Å². The van der Waals surface area contributed by atoms with Crippen molar-refractivity contribution in [2.24, 2.45) is 11.8 Å². The molecule has 35 heavy (non-hydrogen) atoms. The third-order valence-electron chi connectivity index (χ3n) is 7.93. The molecule has 0 saturated heterocycles. The van der Waals surface area contributed by atoms with E-state index < -0.39 is 6.10 Å². The van der Waals surface area contributed by atoms with Crippen molar-refractivity contribution in [2.45, 2.75) is 77.4 Å². The van der Waals surface area contributed by atoms with E-state index in [9.17, 15) is 9.59 Å². The van der Waals surface area contributed by atoms with Crippen molar-refractivity contribution < 1.29 is 14.3 Å². The van der Waals surface area contributed by atoms with E-state index in [0.29, 0.717) is 18.1 Å². The van der Waals surface area contributed by atoms with Gasteiger partial charge in [-0.15, -0.1) is 0 Å². The summed E-state index contributed by atoms with van der Waals surface area (Å²) in [5.41, 5.74) is 4.72. The molecule has 2 aromatic carbocycles. The zero-order valence-corrected chi connectivity index (χ0v) is 21.1. The predicted octanol–water partition coefficient (Wildman–Crippen LogP) is 5.34. The summed E-state index contributed by atoms with van der Waals surface area (Å²) >= 11 is 0. The summed E-state index contributed by atoms with van der Waals surface area (Å²) in [6, 6.07) is 14.6. The molecule has 0 spiro atoms. The van der Waals surface area contributed by atoms with Crippen LogP contribution in [0.2, 0.25) is 0 Å². The van der Waals surface area contributed by atoms with Crippen LogP contribution in [0.4, 0.5) is 0 Å². The standard InChI is InChI=1S/C30H38N2O3/c1-3-27(29(33)31-19-21-10-11-21)35-25-15-14-22-16-17-32(30(34)24-6-4-5-7-24)28(26(22)18-25)23-12-8-20(2)9-13-23/h8-9,12-15,18,21,24,27-28H,3-7,10-11,16-17,19H2,1-2H3,(H,31,33)/t27-,28-/m0/s1. The molecule has 5 heteroatoms. The highest BCUT2D eigenvalue weighted by molar-refractivity contribution is 5.81. The molecule has 0 unspecified atom stereocenters. The Kier molecular flexibility index (Phi) is 7.12. The van der Waals surface area contributed by atoms with E-state index >= 15 is 0 Å². The summed E-state index contributed by atoms with van der Waals surface area (Å²) in [6.45, 7) is 5.56. The van der Waals surface area contributed by atoms with Gasteiger partial charge in [0.2, 0.25) is 5.91 Å². The first-order valence-electron chi connectivity index (χ1n) is 13.5. The SMILES string of the molecule is CC[C@H](Oc1ccc2c(c1)[C@H](c1ccc(C)cc1)N(C(=O)C1CCCC1)CC2)C(=O)NCC1CC1. The Morgan fingerprint density at radius 2 is 1.80 bits per heavy atom. The highest BCUT2D eigenvalue weighted by atomic mass is 16.5. The van der Waals surface area contributed by atoms with Crippen LogP contribution in [0, 0.1) is 18.8 Å². The van der Waals surface area contributed by atoms with E-state index in [2.05, 4.69) is 53.5 Å². The molecule has 2 aromatic rings. The molecular formula is C30H38N2O3. The second-order valence-electron chi connectivity index (χ2n) is 10.6. The van der Waals surface area contributed by atoms with Crippen LogP contribution in [0.1, 0.15) is 80.2 Å². The number of rotatable bonds is 8. The Bertz CT molecular complexity index is 1050. The number of carbonyl (C=O) groups excluding carboxylic acids is 2. The van der Waals surface area contributed by atoms with Gasteiger partial charge in [0.25, 0.3) is 5.91 Å². The van der Waals surface area contributed by atoms with Gasteiger partial charge in [-0.05, 0) is 80.2 Å². The number of nitrogens with zero attached hydrogens (tertiary/aromatic N) is 1. The van der Waals surface area contributed by atoms with Crippen LogP contribution in [0.15, 0.2) is 42.5 Å². The summed E-state index contributed by atoms with van der Waals surface area (Å²) in [5.74, 6) is 1.73. The summed E-state index contributed by atoms with van der Waals surface area (Å²) in [5, 5.41) is 3.05. The zero-order chi connectivity index (χ0) is 24.4. The average molecular weight is 475 g/mol. The van der Waals surface area contributed by atoms with E-state index in [1.165, 1.54) is 24.0 Å². The van der Waals surface area contributed by atoms with Crippen LogP contribution >= 0.6 is 0 Å².